The van der Waals surface area contributed by atoms with E-state index in [0.29, 0.717) is 0 Å². The van der Waals surface area contributed by atoms with Crippen LogP contribution >= 0.6 is 11.6 Å². The molecule has 17 heavy (non-hydrogen) atoms. The average Bonchev–Trinajstić information content (AvgIpc) is 2.56. The molecule has 90 valence electrons. The first-order valence-electron chi connectivity index (χ1n) is 4.93. The number of carboxylic acids is 1. The Balaban J connectivity index is 2.42. The molecule has 0 fully saturated rings. The highest BCUT2D eigenvalue weighted by molar-refractivity contribution is 6.31. The summed E-state index contributed by atoms with van der Waals surface area (Å²) < 4.78 is 13.6. The molecule has 0 aliphatic carbocycles. The molecule has 0 aromatic heterocycles. The third kappa shape index (κ3) is 1.86. The highest BCUT2D eigenvalue weighted by Gasteiger charge is 2.35. The zero-order valence-corrected chi connectivity index (χ0v) is 9.66. The first-order valence-corrected chi connectivity index (χ1v) is 5.31. The van der Waals surface area contributed by atoms with Gasteiger partial charge in [0.25, 0.3) is 5.91 Å². The van der Waals surface area contributed by atoms with Crippen molar-refractivity contribution in [2.24, 2.45) is 0 Å². The second-order valence-corrected chi connectivity index (χ2v) is 4.30. The van der Waals surface area contributed by atoms with E-state index in [2.05, 4.69) is 0 Å². The molecule has 1 aliphatic rings. The van der Waals surface area contributed by atoms with Crippen LogP contribution in [0, 0.1) is 5.82 Å². The topological polar surface area (TPSA) is 57.6 Å². The van der Waals surface area contributed by atoms with Crippen LogP contribution in [0.4, 0.5) is 4.39 Å². The van der Waals surface area contributed by atoms with Gasteiger partial charge in [0.05, 0.1) is 6.54 Å². The van der Waals surface area contributed by atoms with Crippen molar-refractivity contribution in [2.45, 2.75) is 19.5 Å². The number of rotatable bonds is 2. The molecule has 2 rings (SSSR count). The number of carbonyl (C=O) groups excluding carboxylic acids is 1. The SMILES string of the molecule is CC(C(=O)O)N1Cc2c(F)cc(Cl)cc2C1=O. The molecular formula is C11H9ClFNO3. The van der Waals surface area contributed by atoms with Gasteiger partial charge in [0.1, 0.15) is 11.9 Å². The number of carbonyl (C=O) groups is 2. The van der Waals surface area contributed by atoms with E-state index in [9.17, 15) is 14.0 Å². The number of nitrogens with zero attached hydrogens (tertiary/aromatic N) is 1. The van der Waals surface area contributed by atoms with Gasteiger partial charge in [-0.3, -0.25) is 4.79 Å². The molecule has 1 amide bonds. The monoisotopic (exact) mass is 257 g/mol. The van der Waals surface area contributed by atoms with Gasteiger partial charge in [-0.15, -0.1) is 0 Å². The second-order valence-electron chi connectivity index (χ2n) is 3.86. The number of hydrogen-bond acceptors (Lipinski definition) is 2. The largest absolute Gasteiger partial charge is 0.480 e. The zero-order valence-electron chi connectivity index (χ0n) is 8.91. The summed E-state index contributed by atoms with van der Waals surface area (Å²) in [6, 6.07) is 1.48. The molecule has 1 unspecified atom stereocenters. The van der Waals surface area contributed by atoms with Crippen molar-refractivity contribution < 1.29 is 19.1 Å². The van der Waals surface area contributed by atoms with Gasteiger partial charge in [-0.25, -0.2) is 9.18 Å². The lowest BCUT2D eigenvalue weighted by Crippen LogP contribution is -2.38. The molecule has 0 saturated heterocycles. The quantitative estimate of drug-likeness (QED) is 0.880. The molecular weight excluding hydrogens is 249 g/mol. The fourth-order valence-corrected chi connectivity index (χ4v) is 2.00. The Labute approximate surface area is 102 Å². The van der Waals surface area contributed by atoms with Gasteiger partial charge in [0.15, 0.2) is 0 Å². The number of fused-ring (bicyclic) bond motifs is 1. The molecule has 0 saturated carbocycles. The normalized spacial score (nSPS) is 15.9. The molecule has 1 atom stereocenters. The molecule has 1 aromatic rings. The van der Waals surface area contributed by atoms with E-state index < -0.39 is 23.7 Å². The number of halogens is 2. The predicted octanol–water partition coefficient (Wildman–Crippen LogP) is 1.91. The van der Waals surface area contributed by atoms with Crippen LogP contribution in [-0.2, 0) is 11.3 Å². The minimum absolute atomic E-state index is 0.0371. The molecule has 6 heteroatoms. The van der Waals surface area contributed by atoms with E-state index in [1.807, 2.05) is 0 Å². The minimum Gasteiger partial charge on any atom is -0.480 e. The minimum atomic E-state index is -1.13. The zero-order chi connectivity index (χ0) is 12.7. The van der Waals surface area contributed by atoms with Crippen LogP contribution < -0.4 is 0 Å². The lowest BCUT2D eigenvalue weighted by Gasteiger charge is -2.19. The van der Waals surface area contributed by atoms with Crippen LogP contribution in [0.25, 0.3) is 0 Å². The Hall–Kier alpha value is -1.62. The second kappa shape index (κ2) is 4.00. The molecule has 1 N–H and O–H groups in total. The van der Waals surface area contributed by atoms with Crippen molar-refractivity contribution >= 4 is 23.5 Å². The molecule has 1 heterocycles. The molecule has 0 bridgehead atoms. The predicted molar refractivity (Wildman–Crippen MR) is 58.4 cm³/mol. The maximum atomic E-state index is 13.6. The lowest BCUT2D eigenvalue weighted by atomic mass is 10.1. The van der Waals surface area contributed by atoms with Crippen LogP contribution in [0.1, 0.15) is 22.8 Å². The summed E-state index contributed by atoms with van der Waals surface area (Å²) in [4.78, 5) is 23.8. The number of benzene rings is 1. The fourth-order valence-electron chi connectivity index (χ4n) is 1.80. The van der Waals surface area contributed by atoms with Crippen molar-refractivity contribution in [1.29, 1.82) is 0 Å². The highest BCUT2D eigenvalue weighted by Crippen LogP contribution is 2.29. The van der Waals surface area contributed by atoms with Crippen LogP contribution in [0.5, 0.6) is 0 Å². The van der Waals surface area contributed by atoms with Crippen LogP contribution in [0.15, 0.2) is 12.1 Å². The number of carboxylic acid groups (broad SMARTS) is 1. The highest BCUT2D eigenvalue weighted by atomic mass is 35.5. The standard InChI is InChI=1S/C11H9ClFNO3/c1-5(11(16)17)14-4-8-7(10(14)15)2-6(12)3-9(8)13/h2-3,5H,4H2,1H3,(H,16,17). The fraction of sp³-hybridized carbons (Fsp3) is 0.273. The Bertz CT molecular complexity index is 518. The van der Waals surface area contributed by atoms with Crippen LogP contribution in [0.2, 0.25) is 5.02 Å². The average molecular weight is 258 g/mol. The van der Waals surface area contributed by atoms with Crippen molar-refractivity contribution in [1.82, 2.24) is 4.90 Å². The number of amides is 1. The third-order valence-electron chi connectivity index (χ3n) is 2.80. The van der Waals surface area contributed by atoms with E-state index in [4.69, 9.17) is 16.7 Å². The Morgan fingerprint density at radius 1 is 1.59 bits per heavy atom. The molecule has 1 aromatic carbocycles. The van der Waals surface area contributed by atoms with E-state index in [-0.39, 0.29) is 22.7 Å². The van der Waals surface area contributed by atoms with E-state index in [1.54, 1.807) is 0 Å². The van der Waals surface area contributed by atoms with E-state index in [1.165, 1.54) is 13.0 Å². The number of hydrogen-bond donors (Lipinski definition) is 1. The molecule has 0 spiro atoms. The molecule has 4 nitrogen and oxygen atoms in total. The van der Waals surface area contributed by atoms with Gasteiger partial charge in [-0.05, 0) is 19.1 Å². The van der Waals surface area contributed by atoms with Gasteiger partial charge in [-0.1, -0.05) is 11.6 Å². The smallest absolute Gasteiger partial charge is 0.326 e. The summed E-state index contributed by atoms with van der Waals surface area (Å²) in [7, 11) is 0. The summed E-state index contributed by atoms with van der Waals surface area (Å²) in [5.41, 5.74) is 0.343. The van der Waals surface area contributed by atoms with Crippen LogP contribution in [0.3, 0.4) is 0 Å². The van der Waals surface area contributed by atoms with Crippen molar-refractivity contribution in [3.63, 3.8) is 0 Å². The van der Waals surface area contributed by atoms with E-state index >= 15 is 0 Å². The summed E-state index contributed by atoms with van der Waals surface area (Å²) in [6.45, 7) is 1.34. The van der Waals surface area contributed by atoms with Crippen molar-refractivity contribution in [3.05, 3.63) is 34.1 Å². The molecule has 0 radical (unpaired) electrons. The lowest BCUT2D eigenvalue weighted by molar-refractivity contribution is -0.141. The first kappa shape index (κ1) is 11.9. The summed E-state index contributed by atoms with van der Waals surface area (Å²) >= 11 is 5.66. The van der Waals surface area contributed by atoms with Gasteiger partial charge in [0, 0.05) is 16.1 Å². The van der Waals surface area contributed by atoms with E-state index in [0.717, 1.165) is 11.0 Å². The summed E-state index contributed by atoms with van der Waals surface area (Å²) in [6.07, 6.45) is 0. The Kier molecular flexibility index (Phi) is 2.79. The first-order chi connectivity index (χ1) is 7.91. The molecule has 1 aliphatic heterocycles. The Morgan fingerprint density at radius 2 is 2.24 bits per heavy atom. The van der Waals surface area contributed by atoms with Gasteiger partial charge >= 0.3 is 5.97 Å². The number of aliphatic carboxylic acids is 1. The van der Waals surface area contributed by atoms with Gasteiger partial charge in [0.2, 0.25) is 0 Å². The maximum Gasteiger partial charge on any atom is 0.326 e. The van der Waals surface area contributed by atoms with Crippen molar-refractivity contribution in [3.8, 4) is 0 Å². The van der Waals surface area contributed by atoms with Crippen LogP contribution in [-0.4, -0.2) is 27.9 Å². The summed E-state index contributed by atoms with van der Waals surface area (Å²) in [5, 5.41) is 8.97. The van der Waals surface area contributed by atoms with Crippen molar-refractivity contribution in [2.75, 3.05) is 0 Å². The van der Waals surface area contributed by atoms with Gasteiger partial charge < -0.3 is 10.0 Å². The maximum absolute atomic E-state index is 13.6. The Morgan fingerprint density at radius 3 is 2.82 bits per heavy atom. The van der Waals surface area contributed by atoms with Gasteiger partial charge in [-0.2, -0.15) is 0 Å². The summed E-state index contributed by atoms with van der Waals surface area (Å²) in [5.74, 6) is -2.21. The third-order valence-corrected chi connectivity index (χ3v) is 3.02.